The predicted molar refractivity (Wildman–Crippen MR) is 149 cm³/mol. The van der Waals surface area contributed by atoms with E-state index in [0.29, 0.717) is 23.5 Å². The van der Waals surface area contributed by atoms with Crippen molar-refractivity contribution in [2.24, 2.45) is 0 Å². The van der Waals surface area contributed by atoms with E-state index in [-0.39, 0.29) is 17.6 Å². The Kier molecular flexibility index (Phi) is 8.07. The number of methoxy groups -OCH3 is 1. The highest BCUT2D eigenvalue weighted by molar-refractivity contribution is 5.93. The molecule has 0 bridgehead atoms. The van der Waals surface area contributed by atoms with Gasteiger partial charge in [-0.25, -0.2) is 9.97 Å². The molecule has 0 aliphatic carbocycles. The highest BCUT2D eigenvalue weighted by Crippen LogP contribution is 2.30. The minimum atomic E-state index is -0.350. The van der Waals surface area contributed by atoms with Gasteiger partial charge in [-0.1, -0.05) is 36.4 Å². The maximum absolute atomic E-state index is 12.4. The zero-order valence-electron chi connectivity index (χ0n) is 21.3. The molecule has 192 valence electrons. The monoisotopic (exact) mass is 508 g/mol. The summed E-state index contributed by atoms with van der Waals surface area (Å²) in [7, 11) is 3.49. The molecule has 0 unspecified atom stereocenters. The summed E-state index contributed by atoms with van der Waals surface area (Å²) in [6, 6.07) is 18.8. The molecule has 0 aliphatic heterocycles. The number of nitrogens with two attached hydrogens (primary N) is 1. The third kappa shape index (κ3) is 5.67. The van der Waals surface area contributed by atoms with Crippen molar-refractivity contribution < 1.29 is 14.3 Å². The van der Waals surface area contributed by atoms with Crippen LogP contribution in [0, 0.1) is 0 Å². The molecule has 1 atom stereocenters. The summed E-state index contributed by atoms with van der Waals surface area (Å²) in [5.74, 6) is 0.828. The van der Waals surface area contributed by atoms with Crippen LogP contribution in [0.25, 0.3) is 17.2 Å². The van der Waals surface area contributed by atoms with Crippen LogP contribution < -0.4 is 20.7 Å². The number of ether oxygens (including phenoxy) is 1. The van der Waals surface area contributed by atoms with Crippen molar-refractivity contribution in [1.82, 2.24) is 15.0 Å². The van der Waals surface area contributed by atoms with E-state index in [4.69, 9.17) is 10.5 Å². The van der Waals surface area contributed by atoms with Gasteiger partial charge < -0.3 is 20.7 Å². The summed E-state index contributed by atoms with van der Waals surface area (Å²) in [6.07, 6.45) is 6.49. The van der Waals surface area contributed by atoms with Gasteiger partial charge in [-0.05, 0) is 47.9 Å². The second-order valence-corrected chi connectivity index (χ2v) is 8.49. The van der Waals surface area contributed by atoms with Crippen LogP contribution in [0.1, 0.15) is 33.2 Å². The lowest BCUT2D eigenvalue weighted by atomic mass is 9.95. The average Bonchev–Trinajstić information content (AvgIpc) is 2.95. The van der Waals surface area contributed by atoms with Crippen LogP contribution in [-0.2, 0) is 0 Å². The van der Waals surface area contributed by atoms with Gasteiger partial charge >= 0.3 is 0 Å². The first kappa shape index (κ1) is 26.0. The number of benzene rings is 2. The van der Waals surface area contributed by atoms with E-state index in [0.717, 1.165) is 34.4 Å². The minimum Gasteiger partial charge on any atom is -0.481 e. The Hall–Kier alpha value is -5.05. The molecule has 38 heavy (non-hydrogen) atoms. The zero-order valence-corrected chi connectivity index (χ0v) is 21.3. The van der Waals surface area contributed by atoms with Crippen LogP contribution in [0.15, 0.2) is 78.8 Å². The molecule has 4 aromatic rings. The standard InChI is InChI=1S/C29H28N6O3/c1-19(33-28-22(17-36)16-32-29(30)34-28)26(35(2)23-9-5-4-6-10-23)14-20-8-7-11-24(25(20)18-37)21-12-13-31-27(15-21)38-3/h4-19H,1-3H3,(H3,30,32,33,34)/b26-14-/t19-/m0/s1. The van der Waals surface area contributed by atoms with E-state index >= 15 is 0 Å². The Morgan fingerprint density at radius 1 is 1.03 bits per heavy atom. The Bertz CT molecular complexity index is 1470. The molecule has 2 aromatic carbocycles. The van der Waals surface area contributed by atoms with Crippen LogP contribution in [0.2, 0.25) is 0 Å². The highest BCUT2D eigenvalue weighted by Gasteiger charge is 2.19. The second-order valence-electron chi connectivity index (χ2n) is 8.49. The maximum Gasteiger partial charge on any atom is 0.221 e. The molecule has 0 aliphatic rings. The SMILES string of the molecule is COc1cc(-c2cccc(/C=C(/[C@H](C)Nc3nc(N)ncc3C=O)N(C)c3ccccc3)c2C=O)ccn1. The maximum atomic E-state index is 12.4. The van der Waals surface area contributed by atoms with Crippen molar-refractivity contribution >= 4 is 36.1 Å². The van der Waals surface area contributed by atoms with Crippen molar-refractivity contribution in [2.75, 3.05) is 30.1 Å². The van der Waals surface area contributed by atoms with Gasteiger partial charge in [-0.2, -0.15) is 4.98 Å². The van der Waals surface area contributed by atoms with Gasteiger partial charge in [-0.15, -0.1) is 0 Å². The third-order valence-electron chi connectivity index (χ3n) is 6.11. The molecule has 2 heterocycles. The Morgan fingerprint density at radius 2 is 1.82 bits per heavy atom. The lowest BCUT2D eigenvalue weighted by Gasteiger charge is -2.29. The minimum absolute atomic E-state index is 0.0518. The summed E-state index contributed by atoms with van der Waals surface area (Å²) >= 11 is 0. The summed E-state index contributed by atoms with van der Waals surface area (Å²) < 4.78 is 5.27. The van der Waals surface area contributed by atoms with Gasteiger partial charge in [0.1, 0.15) is 5.82 Å². The number of hydrogen-bond acceptors (Lipinski definition) is 9. The normalized spacial score (nSPS) is 11.9. The Balaban J connectivity index is 1.83. The van der Waals surface area contributed by atoms with Gasteiger partial charge in [0, 0.05) is 42.5 Å². The van der Waals surface area contributed by atoms with Crippen LogP contribution in [0.3, 0.4) is 0 Å². The summed E-state index contributed by atoms with van der Waals surface area (Å²) in [5.41, 5.74) is 10.6. The number of anilines is 3. The molecule has 4 rings (SSSR count). The fraction of sp³-hybridized carbons (Fsp3) is 0.138. The van der Waals surface area contributed by atoms with Crippen molar-refractivity contribution in [2.45, 2.75) is 13.0 Å². The van der Waals surface area contributed by atoms with Crippen molar-refractivity contribution in [3.05, 3.63) is 95.4 Å². The molecule has 0 radical (unpaired) electrons. The van der Waals surface area contributed by atoms with Crippen LogP contribution in [-0.4, -0.2) is 47.7 Å². The van der Waals surface area contributed by atoms with Gasteiger partial charge in [0.15, 0.2) is 12.6 Å². The molecule has 0 spiro atoms. The van der Waals surface area contributed by atoms with Gasteiger partial charge in [0.2, 0.25) is 11.8 Å². The summed E-state index contributed by atoms with van der Waals surface area (Å²) in [4.78, 5) is 38.3. The van der Waals surface area contributed by atoms with Crippen molar-refractivity contribution in [3.63, 3.8) is 0 Å². The number of aldehydes is 2. The number of nitrogens with one attached hydrogen (secondary N) is 1. The number of hydrogen-bond donors (Lipinski definition) is 2. The smallest absolute Gasteiger partial charge is 0.221 e. The van der Waals surface area contributed by atoms with Crippen LogP contribution in [0.5, 0.6) is 5.88 Å². The number of rotatable bonds is 10. The van der Waals surface area contributed by atoms with Crippen molar-refractivity contribution in [1.29, 1.82) is 0 Å². The van der Waals surface area contributed by atoms with Gasteiger partial charge in [0.25, 0.3) is 0 Å². The van der Waals surface area contributed by atoms with E-state index in [1.54, 1.807) is 19.4 Å². The molecule has 2 aromatic heterocycles. The van der Waals surface area contributed by atoms with Gasteiger partial charge in [0.05, 0.1) is 18.7 Å². The first-order chi connectivity index (χ1) is 18.4. The first-order valence-corrected chi connectivity index (χ1v) is 11.9. The molecule has 0 fully saturated rings. The van der Waals surface area contributed by atoms with E-state index in [9.17, 15) is 9.59 Å². The lowest BCUT2D eigenvalue weighted by Crippen LogP contribution is -2.30. The summed E-state index contributed by atoms with van der Waals surface area (Å²) in [5, 5.41) is 3.29. The second kappa shape index (κ2) is 11.8. The summed E-state index contributed by atoms with van der Waals surface area (Å²) in [6.45, 7) is 1.94. The number of carbonyl (C=O) groups is 2. The Morgan fingerprint density at radius 3 is 2.53 bits per heavy atom. The third-order valence-corrected chi connectivity index (χ3v) is 6.11. The van der Waals surface area contributed by atoms with E-state index < -0.39 is 0 Å². The van der Waals surface area contributed by atoms with Crippen molar-refractivity contribution in [3.8, 4) is 17.0 Å². The molecular formula is C29H28N6O3. The fourth-order valence-corrected chi connectivity index (χ4v) is 4.14. The zero-order chi connectivity index (χ0) is 27.1. The first-order valence-electron chi connectivity index (χ1n) is 11.9. The molecule has 0 saturated heterocycles. The van der Waals surface area contributed by atoms with E-state index in [1.165, 1.54) is 6.20 Å². The molecule has 0 amide bonds. The number of pyridine rings is 1. The molecule has 9 heteroatoms. The van der Waals surface area contributed by atoms with Crippen LogP contribution >= 0.6 is 0 Å². The quantitative estimate of drug-likeness (QED) is 0.293. The largest absolute Gasteiger partial charge is 0.481 e. The van der Waals surface area contributed by atoms with E-state index in [1.807, 2.05) is 79.5 Å². The highest BCUT2D eigenvalue weighted by atomic mass is 16.5. The number of para-hydroxylation sites is 1. The number of carbonyl (C=O) groups excluding carboxylic acids is 2. The average molecular weight is 509 g/mol. The molecule has 9 nitrogen and oxygen atoms in total. The van der Waals surface area contributed by atoms with E-state index in [2.05, 4.69) is 20.3 Å². The number of nitrogens with zero attached hydrogens (tertiary/aromatic N) is 4. The predicted octanol–water partition coefficient (Wildman–Crippen LogP) is 4.73. The number of nitrogen functional groups attached to an aromatic ring is 1. The fourth-order valence-electron chi connectivity index (χ4n) is 4.14. The molecular weight excluding hydrogens is 480 g/mol. The molecule has 0 saturated carbocycles. The van der Waals surface area contributed by atoms with Crippen LogP contribution in [0.4, 0.5) is 17.5 Å². The lowest BCUT2D eigenvalue weighted by molar-refractivity contribution is 0.111. The molecule has 3 N–H and O–H groups in total. The topological polar surface area (TPSA) is 123 Å². The Labute approximate surface area is 221 Å². The van der Waals surface area contributed by atoms with Gasteiger partial charge in [-0.3, -0.25) is 9.59 Å². The number of likely N-dealkylation sites (N-methyl/N-ethyl adjacent to an activating group) is 1. The number of aromatic nitrogens is 3.